The van der Waals surface area contributed by atoms with Gasteiger partial charge < -0.3 is 14.6 Å². The molecule has 1 aromatic carbocycles. The number of rotatable bonds is 5. The van der Waals surface area contributed by atoms with Crippen molar-refractivity contribution in [2.24, 2.45) is 0 Å². The van der Waals surface area contributed by atoms with Crippen molar-refractivity contribution in [2.45, 2.75) is 20.0 Å². The molecule has 0 aliphatic heterocycles. The SMILES string of the molecule is CNCc1cnc(C)n1Cc1ccccc1OC. The van der Waals surface area contributed by atoms with E-state index < -0.39 is 0 Å². The van der Waals surface area contributed by atoms with Crippen LogP contribution in [0.1, 0.15) is 17.1 Å². The van der Waals surface area contributed by atoms with Gasteiger partial charge in [-0.15, -0.1) is 0 Å². The molecule has 0 spiro atoms. The summed E-state index contributed by atoms with van der Waals surface area (Å²) in [5.74, 6) is 1.94. The number of hydrogen-bond donors (Lipinski definition) is 1. The number of imidazole rings is 1. The molecule has 0 saturated carbocycles. The van der Waals surface area contributed by atoms with E-state index in [1.54, 1.807) is 7.11 Å². The molecule has 1 heterocycles. The highest BCUT2D eigenvalue weighted by Crippen LogP contribution is 2.20. The monoisotopic (exact) mass is 245 g/mol. The van der Waals surface area contributed by atoms with Crippen LogP contribution in [0.3, 0.4) is 0 Å². The second-order valence-corrected chi connectivity index (χ2v) is 4.23. The maximum atomic E-state index is 5.38. The lowest BCUT2D eigenvalue weighted by atomic mass is 10.2. The Morgan fingerprint density at radius 3 is 2.83 bits per heavy atom. The summed E-state index contributed by atoms with van der Waals surface area (Å²) in [5, 5.41) is 3.16. The van der Waals surface area contributed by atoms with Gasteiger partial charge in [-0.2, -0.15) is 0 Å². The number of aryl methyl sites for hydroxylation is 1. The van der Waals surface area contributed by atoms with E-state index in [1.165, 1.54) is 11.3 Å². The number of nitrogens with zero attached hydrogens (tertiary/aromatic N) is 2. The molecule has 0 bridgehead atoms. The van der Waals surface area contributed by atoms with Crippen molar-refractivity contribution in [2.75, 3.05) is 14.2 Å². The number of para-hydroxylation sites is 1. The summed E-state index contributed by atoms with van der Waals surface area (Å²) in [4.78, 5) is 4.37. The lowest BCUT2D eigenvalue weighted by molar-refractivity contribution is 0.408. The second kappa shape index (κ2) is 5.69. The number of hydrogen-bond acceptors (Lipinski definition) is 3. The minimum absolute atomic E-state index is 0.785. The molecule has 0 radical (unpaired) electrons. The normalized spacial score (nSPS) is 10.6. The number of methoxy groups -OCH3 is 1. The van der Waals surface area contributed by atoms with E-state index in [0.29, 0.717) is 0 Å². The molecule has 0 saturated heterocycles. The summed E-state index contributed by atoms with van der Waals surface area (Å²) in [6.45, 7) is 3.62. The molecule has 2 aromatic rings. The zero-order valence-electron chi connectivity index (χ0n) is 11.1. The van der Waals surface area contributed by atoms with E-state index in [4.69, 9.17) is 4.74 Å². The van der Waals surface area contributed by atoms with Crippen molar-refractivity contribution in [3.8, 4) is 5.75 Å². The zero-order chi connectivity index (χ0) is 13.0. The van der Waals surface area contributed by atoms with Crippen molar-refractivity contribution in [1.29, 1.82) is 0 Å². The molecule has 1 N–H and O–H groups in total. The molecule has 4 nitrogen and oxygen atoms in total. The van der Waals surface area contributed by atoms with Gasteiger partial charge in [0.25, 0.3) is 0 Å². The van der Waals surface area contributed by atoms with Crippen LogP contribution in [0.25, 0.3) is 0 Å². The zero-order valence-corrected chi connectivity index (χ0v) is 11.1. The summed E-state index contributed by atoms with van der Waals surface area (Å²) in [5.41, 5.74) is 2.35. The van der Waals surface area contributed by atoms with Crippen molar-refractivity contribution in [1.82, 2.24) is 14.9 Å². The molecule has 18 heavy (non-hydrogen) atoms. The first kappa shape index (κ1) is 12.6. The predicted molar refractivity (Wildman–Crippen MR) is 71.8 cm³/mol. The Bertz CT molecular complexity index is 520. The maximum absolute atomic E-state index is 5.38. The minimum atomic E-state index is 0.785. The summed E-state index contributed by atoms with van der Waals surface area (Å²) < 4.78 is 7.59. The van der Waals surface area contributed by atoms with E-state index in [-0.39, 0.29) is 0 Å². The van der Waals surface area contributed by atoms with Crippen LogP contribution in [-0.4, -0.2) is 23.7 Å². The lowest BCUT2D eigenvalue weighted by Gasteiger charge is -2.13. The molecule has 96 valence electrons. The molecule has 0 aliphatic rings. The van der Waals surface area contributed by atoms with Gasteiger partial charge in [0, 0.05) is 18.3 Å². The molecule has 0 unspecified atom stereocenters. The Balaban J connectivity index is 2.30. The number of ether oxygens (including phenoxy) is 1. The first-order chi connectivity index (χ1) is 8.76. The fourth-order valence-electron chi connectivity index (χ4n) is 2.06. The average molecular weight is 245 g/mol. The second-order valence-electron chi connectivity index (χ2n) is 4.23. The highest BCUT2D eigenvalue weighted by molar-refractivity contribution is 5.33. The van der Waals surface area contributed by atoms with Crippen LogP contribution in [0.5, 0.6) is 5.75 Å². The first-order valence-corrected chi connectivity index (χ1v) is 6.03. The van der Waals surface area contributed by atoms with Gasteiger partial charge in [-0.25, -0.2) is 4.98 Å². The Morgan fingerprint density at radius 1 is 1.33 bits per heavy atom. The van der Waals surface area contributed by atoms with Gasteiger partial charge in [0.15, 0.2) is 0 Å². The van der Waals surface area contributed by atoms with E-state index >= 15 is 0 Å². The molecule has 0 fully saturated rings. The number of nitrogens with one attached hydrogen (secondary N) is 1. The average Bonchev–Trinajstić information content (AvgIpc) is 2.73. The fraction of sp³-hybridized carbons (Fsp3) is 0.357. The van der Waals surface area contributed by atoms with Crippen LogP contribution in [0.15, 0.2) is 30.5 Å². The molecular formula is C14H19N3O. The third-order valence-electron chi connectivity index (χ3n) is 3.02. The smallest absolute Gasteiger partial charge is 0.123 e. The predicted octanol–water partition coefficient (Wildman–Crippen LogP) is 1.97. The third-order valence-corrected chi connectivity index (χ3v) is 3.02. The largest absolute Gasteiger partial charge is 0.496 e. The van der Waals surface area contributed by atoms with E-state index in [9.17, 15) is 0 Å². The molecule has 2 rings (SSSR count). The molecular weight excluding hydrogens is 226 g/mol. The Morgan fingerprint density at radius 2 is 2.11 bits per heavy atom. The third kappa shape index (κ3) is 2.54. The Kier molecular flexibility index (Phi) is 3.99. The van der Waals surface area contributed by atoms with Gasteiger partial charge >= 0.3 is 0 Å². The Labute approximate surface area is 108 Å². The van der Waals surface area contributed by atoms with E-state index in [0.717, 1.165) is 24.7 Å². The van der Waals surface area contributed by atoms with Crippen molar-refractivity contribution < 1.29 is 4.74 Å². The molecule has 1 aromatic heterocycles. The van der Waals surface area contributed by atoms with E-state index in [1.807, 2.05) is 38.4 Å². The topological polar surface area (TPSA) is 39.1 Å². The highest BCUT2D eigenvalue weighted by atomic mass is 16.5. The molecule has 0 amide bonds. The van der Waals surface area contributed by atoms with Crippen LogP contribution in [0.4, 0.5) is 0 Å². The van der Waals surface area contributed by atoms with Crippen LogP contribution in [0, 0.1) is 6.92 Å². The Hall–Kier alpha value is -1.81. The molecule has 0 aliphatic carbocycles. The van der Waals surface area contributed by atoms with Crippen LogP contribution >= 0.6 is 0 Å². The number of benzene rings is 1. The van der Waals surface area contributed by atoms with Gasteiger partial charge in [0.1, 0.15) is 11.6 Å². The van der Waals surface area contributed by atoms with Gasteiger partial charge in [-0.3, -0.25) is 0 Å². The summed E-state index contributed by atoms with van der Waals surface area (Å²) in [7, 11) is 3.64. The lowest BCUT2D eigenvalue weighted by Crippen LogP contribution is -2.13. The standard InChI is InChI=1S/C14H19N3O/c1-11-16-9-13(8-15-2)17(11)10-12-6-4-5-7-14(12)18-3/h4-7,9,15H,8,10H2,1-3H3. The maximum Gasteiger partial charge on any atom is 0.123 e. The first-order valence-electron chi connectivity index (χ1n) is 6.03. The van der Waals surface area contributed by atoms with Gasteiger partial charge in [0.05, 0.1) is 19.3 Å². The summed E-state index contributed by atoms with van der Waals surface area (Å²) in [6.07, 6.45) is 1.92. The van der Waals surface area contributed by atoms with Gasteiger partial charge in [-0.1, -0.05) is 18.2 Å². The van der Waals surface area contributed by atoms with Crippen LogP contribution in [-0.2, 0) is 13.1 Å². The highest BCUT2D eigenvalue weighted by Gasteiger charge is 2.09. The molecule has 4 heteroatoms. The fourth-order valence-corrected chi connectivity index (χ4v) is 2.06. The molecule has 0 atom stereocenters. The number of aromatic nitrogens is 2. The summed E-state index contributed by atoms with van der Waals surface area (Å²) in [6, 6.07) is 8.08. The van der Waals surface area contributed by atoms with Gasteiger partial charge in [-0.05, 0) is 20.0 Å². The van der Waals surface area contributed by atoms with Crippen LogP contribution < -0.4 is 10.1 Å². The van der Waals surface area contributed by atoms with E-state index in [2.05, 4.69) is 20.9 Å². The minimum Gasteiger partial charge on any atom is -0.496 e. The van der Waals surface area contributed by atoms with Crippen molar-refractivity contribution in [3.05, 3.63) is 47.5 Å². The van der Waals surface area contributed by atoms with Gasteiger partial charge in [0.2, 0.25) is 0 Å². The quantitative estimate of drug-likeness (QED) is 0.875. The summed E-state index contributed by atoms with van der Waals surface area (Å²) >= 11 is 0. The van der Waals surface area contributed by atoms with Crippen LogP contribution in [0.2, 0.25) is 0 Å². The van der Waals surface area contributed by atoms with Crippen molar-refractivity contribution >= 4 is 0 Å². The van der Waals surface area contributed by atoms with Crippen molar-refractivity contribution in [3.63, 3.8) is 0 Å².